The van der Waals surface area contributed by atoms with Crippen molar-refractivity contribution < 1.29 is 14.1 Å². The lowest BCUT2D eigenvalue weighted by Gasteiger charge is -2.22. The zero-order chi connectivity index (χ0) is 11.4. The minimum absolute atomic E-state index is 0.171. The summed E-state index contributed by atoms with van der Waals surface area (Å²) >= 11 is 0. The van der Waals surface area contributed by atoms with Crippen molar-refractivity contribution in [2.45, 2.75) is 19.2 Å². The Morgan fingerprint density at radius 2 is 2.40 bits per heavy atom. The molecule has 0 fully saturated rings. The number of carbonyl (C=O) groups is 1. The summed E-state index contributed by atoms with van der Waals surface area (Å²) in [5, 5.41) is 0. The molecule has 0 aliphatic heterocycles. The number of hydrogen-bond donors (Lipinski definition) is 0. The van der Waals surface area contributed by atoms with E-state index in [1.165, 1.54) is 7.11 Å². The molecule has 1 rings (SSSR count). The highest BCUT2D eigenvalue weighted by Crippen LogP contribution is 2.09. The summed E-state index contributed by atoms with van der Waals surface area (Å²) < 4.78 is 8.70. The Kier molecular flexibility index (Phi) is 3.94. The van der Waals surface area contributed by atoms with E-state index in [1.807, 2.05) is 49.8 Å². The van der Waals surface area contributed by atoms with Gasteiger partial charge in [0.2, 0.25) is 0 Å². The van der Waals surface area contributed by atoms with Gasteiger partial charge in [-0.2, -0.15) is 7.28 Å². The summed E-state index contributed by atoms with van der Waals surface area (Å²) in [7, 11) is 7.27. The summed E-state index contributed by atoms with van der Waals surface area (Å²) in [6.07, 6.45) is 4.66. The van der Waals surface area contributed by atoms with Crippen molar-refractivity contribution in [3.05, 3.63) is 12.4 Å². The van der Waals surface area contributed by atoms with E-state index in [1.54, 1.807) is 0 Å². The number of imidazole rings is 1. The molecule has 2 radical (unpaired) electrons. The van der Waals surface area contributed by atoms with Crippen LogP contribution in [-0.4, -0.2) is 24.9 Å². The topological polar surface area (TPSA) is 35.1 Å². The van der Waals surface area contributed by atoms with Crippen LogP contribution in [0.2, 0.25) is 5.82 Å². The third-order valence-electron chi connectivity index (χ3n) is 2.53. The van der Waals surface area contributed by atoms with Gasteiger partial charge in [0.15, 0.2) is 0 Å². The maximum Gasteiger partial charge on any atom is 0.267 e. The number of nitrogens with zero attached hydrogens (tertiary/aromatic N) is 2. The van der Waals surface area contributed by atoms with E-state index in [-0.39, 0.29) is 11.8 Å². The molecule has 0 saturated heterocycles. The highest BCUT2D eigenvalue weighted by atomic mass is 16.5. The minimum Gasteiger partial charge on any atom is -0.471 e. The molecule has 0 aliphatic carbocycles. The molecule has 15 heavy (non-hydrogen) atoms. The lowest BCUT2D eigenvalue weighted by Crippen LogP contribution is -2.51. The smallest absolute Gasteiger partial charge is 0.267 e. The number of aromatic nitrogens is 2. The average molecular weight is 208 g/mol. The van der Waals surface area contributed by atoms with Crippen LogP contribution in [-0.2, 0) is 23.6 Å². The van der Waals surface area contributed by atoms with Crippen LogP contribution in [0.5, 0.6) is 0 Å². The quantitative estimate of drug-likeness (QED) is 0.381. The van der Waals surface area contributed by atoms with E-state index < -0.39 is 0 Å². The highest BCUT2D eigenvalue weighted by molar-refractivity contribution is 6.56. The lowest BCUT2D eigenvalue weighted by atomic mass is 9.62. The molecular weight excluding hydrogens is 191 g/mol. The zero-order valence-corrected chi connectivity index (χ0v) is 9.73. The summed E-state index contributed by atoms with van der Waals surface area (Å²) in [5.41, 5.74) is 1.01. The molecule has 0 saturated carbocycles. The first-order valence-electron chi connectivity index (χ1n) is 5.03. The second kappa shape index (κ2) is 5.00. The molecule has 4 nitrogen and oxygen atoms in total. The molecule has 0 spiro atoms. The predicted molar refractivity (Wildman–Crippen MR) is 58.0 cm³/mol. The summed E-state index contributed by atoms with van der Waals surface area (Å²) in [4.78, 5) is 11.4. The van der Waals surface area contributed by atoms with E-state index >= 15 is 0 Å². The average Bonchev–Trinajstić information content (AvgIpc) is 2.55. The molecule has 0 bridgehead atoms. The highest BCUT2D eigenvalue weighted by Gasteiger charge is 2.10. The Morgan fingerprint density at radius 1 is 1.73 bits per heavy atom. The van der Waals surface area contributed by atoms with Gasteiger partial charge in [-0.25, -0.2) is 0 Å². The Labute approximate surface area is 91.1 Å². The molecule has 1 unspecified atom stereocenters. The number of methoxy groups -OCH3 is 1. The van der Waals surface area contributed by atoms with Gasteiger partial charge >= 0.3 is 0 Å². The van der Waals surface area contributed by atoms with E-state index in [0.29, 0.717) is 0 Å². The molecule has 0 N–H and O–H groups in total. The molecule has 0 aromatic carbocycles. The maximum absolute atomic E-state index is 11.4. The molecule has 0 amide bonds. The van der Waals surface area contributed by atoms with Crippen LogP contribution in [0.15, 0.2) is 12.4 Å². The fourth-order valence-corrected chi connectivity index (χ4v) is 1.52. The second-order valence-electron chi connectivity index (χ2n) is 3.58. The van der Waals surface area contributed by atoms with Gasteiger partial charge in [-0.1, -0.05) is 13.3 Å². The van der Waals surface area contributed by atoms with E-state index in [0.717, 1.165) is 12.1 Å². The minimum atomic E-state index is -0.182. The summed E-state index contributed by atoms with van der Waals surface area (Å²) in [5.74, 6) is -0.353. The number of esters is 1. The Hall–Kier alpha value is -1.26. The van der Waals surface area contributed by atoms with Gasteiger partial charge in [0, 0.05) is 5.72 Å². The van der Waals surface area contributed by atoms with Crippen molar-refractivity contribution in [1.29, 1.82) is 0 Å². The van der Waals surface area contributed by atoms with Crippen LogP contribution in [0.1, 0.15) is 13.3 Å². The van der Waals surface area contributed by atoms with E-state index in [2.05, 4.69) is 0 Å². The van der Waals surface area contributed by atoms with Crippen molar-refractivity contribution >= 4 is 19.0 Å². The molecule has 5 heteroatoms. The second-order valence-corrected chi connectivity index (χ2v) is 3.58. The van der Waals surface area contributed by atoms with Crippen LogP contribution < -0.4 is 10.3 Å². The standard InChI is InChI=1S/C10H17BN2O2/c1-5-8(9(14)15-4)11-10-12(2)6-7-13(10)3/h6-8H,5H2,1-4H3. The molecule has 1 aromatic rings. The first-order valence-corrected chi connectivity index (χ1v) is 5.03. The van der Waals surface area contributed by atoms with Gasteiger partial charge in [-0.15, -0.1) is 5.82 Å². The number of ether oxygens (including phenoxy) is 1. The Bertz CT molecular complexity index is 330. The normalized spacial score (nSPS) is 12.5. The van der Waals surface area contributed by atoms with Gasteiger partial charge < -0.3 is 4.74 Å². The fourth-order valence-electron chi connectivity index (χ4n) is 1.52. The zero-order valence-electron chi connectivity index (χ0n) is 9.73. The Morgan fingerprint density at radius 3 is 2.80 bits per heavy atom. The third-order valence-corrected chi connectivity index (χ3v) is 2.53. The van der Waals surface area contributed by atoms with Gasteiger partial charge in [-0.05, 0) is 0 Å². The number of rotatable bonds is 4. The van der Waals surface area contributed by atoms with E-state index in [9.17, 15) is 4.79 Å². The summed E-state index contributed by atoms with van der Waals surface area (Å²) in [6.45, 7) is 1.97. The summed E-state index contributed by atoms with van der Waals surface area (Å²) in [6, 6.07) is 0. The molecule has 1 heterocycles. The SMILES string of the molecule is CCC([B-]c1n(C)cc[n+]1C)C(=O)OC. The van der Waals surface area contributed by atoms with Crippen molar-refractivity contribution in [2.75, 3.05) is 7.11 Å². The molecule has 1 aromatic heterocycles. The fraction of sp³-hybridized carbons (Fsp3) is 0.600. The van der Waals surface area contributed by atoms with Crippen molar-refractivity contribution in [3.8, 4) is 0 Å². The Balaban J connectivity index is 2.79. The number of carbonyl (C=O) groups excluding carboxylic acids is 1. The molecule has 1 atom stereocenters. The largest absolute Gasteiger partial charge is 0.471 e. The van der Waals surface area contributed by atoms with E-state index in [4.69, 9.17) is 4.74 Å². The van der Waals surface area contributed by atoms with Gasteiger partial charge in [-0.3, -0.25) is 13.9 Å². The number of aryl methyl sites for hydroxylation is 2. The monoisotopic (exact) mass is 208 g/mol. The molecule has 82 valence electrons. The van der Waals surface area contributed by atoms with Crippen LogP contribution in [0.3, 0.4) is 0 Å². The van der Waals surface area contributed by atoms with Crippen molar-refractivity contribution in [2.24, 2.45) is 14.1 Å². The van der Waals surface area contributed by atoms with Crippen LogP contribution in [0.25, 0.3) is 0 Å². The van der Waals surface area contributed by atoms with Gasteiger partial charge in [0.25, 0.3) is 5.97 Å². The molecule has 0 aliphatic rings. The van der Waals surface area contributed by atoms with Crippen LogP contribution in [0, 0.1) is 0 Å². The van der Waals surface area contributed by atoms with Gasteiger partial charge in [0.1, 0.15) is 12.4 Å². The third kappa shape index (κ3) is 2.61. The first-order chi connectivity index (χ1) is 7.10. The van der Waals surface area contributed by atoms with Crippen molar-refractivity contribution in [1.82, 2.24) is 4.57 Å². The van der Waals surface area contributed by atoms with Crippen molar-refractivity contribution in [3.63, 3.8) is 0 Å². The molecular formula is C10H17BN2O2. The predicted octanol–water partition coefficient (Wildman–Crippen LogP) is -0.449. The lowest BCUT2D eigenvalue weighted by molar-refractivity contribution is -0.653. The van der Waals surface area contributed by atoms with Gasteiger partial charge in [0.05, 0.1) is 21.2 Å². The maximum atomic E-state index is 11.4. The first kappa shape index (κ1) is 11.8. The van der Waals surface area contributed by atoms with Crippen LogP contribution in [0.4, 0.5) is 0 Å². The number of hydrogen-bond acceptors (Lipinski definition) is 2. The van der Waals surface area contributed by atoms with Crippen LogP contribution >= 0.6 is 0 Å².